The lowest BCUT2D eigenvalue weighted by Crippen LogP contribution is -2.18. The van der Waals surface area contributed by atoms with Gasteiger partial charge >= 0.3 is 0 Å². The summed E-state index contributed by atoms with van der Waals surface area (Å²) in [5.74, 6) is 0. The highest BCUT2D eigenvalue weighted by Gasteiger charge is 2.35. The van der Waals surface area contributed by atoms with Gasteiger partial charge in [-0.15, -0.1) is 0 Å². The smallest absolute Gasteiger partial charge is 0.0465 e. The molecule has 1 aliphatic carbocycles. The molecule has 0 radical (unpaired) electrons. The Bertz CT molecular complexity index is 2230. The van der Waals surface area contributed by atoms with Crippen LogP contribution in [0.2, 0.25) is 0 Å². The molecule has 0 saturated carbocycles. The molecule has 0 fully saturated rings. The highest BCUT2D eigenvalue weighted by molar-refractivity contribution is 5.86. The van der Waals surface area contributed by atoms with E-state index in [1.54, 1.807) is 0 Å². The van der Waals surface area contributed by atoms with Gasteiger partial charge in [0.1, 0.15) is 0 Å². The van der Waals surface area contributed by atoms with Crippen molar-refractivity contribution in [2.24, 2.45) is 0 Å². The van der Waals surface area contributed by atoms with Gasteiger partial charge in [0.25, 0.3) is 0 Å². The molecule has 0 aromatic heterocycles. The minimum Gasteiger partial charge on any atom is -0.310 e. The predicted molar refractivity (Wildman–Crippen MR) is 208 cm³/mol. The van der Waals surface area contributed by atoms with E-state index in [0.29, 0.717) is 0 Å². The van der Waals surface area contributed by atoms with E-state index < -0.39 is 0 Å². The maximum absolute atomic E-state index is 2.40. The lowest BCUT2D eigenvalue weighted by molar-refractivity contribution is 0.641. The molecule has 1 aliphatic rings. The fraction of sp³-hybridized carbons (Fsp3) is 0.125. The Kier molecular flexibility index (Phi) is 7.57. The van der Waals surface area contributed by atoms with E-state index in [2.05, 4.69) is 209 Å². The number of hydrogen-bond acceptors (Lipinski definition) is 1. The van der Waals surface area contributed by atoms with Crippen molar-refractivity contribution >= 4 is 17.1 Å². The summed E-state index contributed by atoms with van der Waals surface area (Å²) in [5, 5.41) is 0. The van der Waals surface area contributed by atoms with Crippen LogP contribution in [0.4, 0.5) is 17.1 Å². The van der Waals surface area contributed by atoms with Crippen molar-refractivity contribution in [2.75, 3.05) is 4.90 Å². The molecule has 1 nitrogen and oxygen atoms in total. The number of nitrogens with zero attached hydrogens (tertiary/aromatic N) is 1. The Morgan fingerprint density at radius 3 is 1.41 bits per heavy atom. The second kappa shape index (κ2) is 12.1. The first-order chi connectivity index (χ1) is 23.8. The van der Waals surface area contributed by atoms with Gasteiger partial charge in [0.2, 0.25) is 0 Å². The number of anilines is 3. The van der Waals surface area contributed by atoms with Crippen molar-refractivity contribution in [2.45, 2.75) is 38.5 Å². The molecule has 7 aromatic carbocycles. The summed E-state index contributed by atoms with van der Waals surface area (Å²) < 4.78 is 0. The van der Waals surface area contributed by atoms with Crippen LogP contribution < -0.4 is 4.90 Å². The van der Waals surface area contributed by atoms with Gasteiger partial charge in [-0.25, -0.2) is 0 Å². The van der Waals surface area contributed by atoms with Gasteiger partial charge in [-0.1, -0.05) is 167 Å². The predicted octanol–water partition coefficient (Wildman–Crippen LogP) is 13.1. The molecule has 0 aliphatic heterocycles. The number of fused-ring (bicyclic) bond motifs is 3. The molecule has 8 rings (SSSR count). The molecule has 1 heteroatoms. The van der Waals surface area contributed by atoms with Gasteiger partial charge in [-0.2, -0.15) is 0 Å². The Hall–Kier alpha value is -5.66. The average Bonchev–Trinajstić information content (AvgIpc) is 3.39. The van der Waals surface area contributed by atoms with Crippen molar-refractivity contribution in [1.29, 1.82) is 0 Å². The molecule has 49 heavy (non-hydrogen) atoms. The molecule has 7 aromatic rings. The zero-order chi connectivity index (χ0) is 33.6. The van der Waals surface area contributed by atoms with E-state index >= 15 is 0 Å². The number of rotatable bonds is 7. The third-order valence-electron chi connectivity index (χ3n) is 10.6. The first-order valence-electron chi connectivity index (χ1n) is 17.3. The number of hydrogen-bond donors (Lipinski definition) is 0. The lowest BCUT2D eigenvalue weighted by atomic mass is 9.78. The van der Waals surface area contributed by atoms with Gasteiger partial charge < -0.3 is 4.90 Å². The van der Waals surface area contributed by atoms with Crippen LogP contribution in [0.1, 0.15) is 49.9 Å². The second-order valence-corrected chi connectivity index (χ2v) is 14.3. The summed E-state index contributed by atoms with van der Waals surface area (Å²) in [6, 6.07) is 64.3. The molecular formula is C48H41N. The second-order valence-electron chi connectivity index (χ2n) is 14.3. The van der Waals surface area contributed by atoms with E-state index in [1.807, 2.05) is 0 Å². The summed E-state index contributed by atoms with van der Waals surface area (Å²) in [5.41, 5.74) is 16.2. The van der Waals surface area contributed by atoms with E-state index in [9.17, 15) is 0 Å². The molecular weight excluding hydrogens is 591 g/mol. The average molecular weight is 632 g/mol. The van der Waals surface area contributed by atoms with E-state index in [0.717, 1.165) is 17.1 Å². The molecule has 0 bridgehead atoms. The van der Waals surface area contributed by atoms with Crippen LogP contribution >= 0.6 is 0 Å². The van der Waals surface area contributed by atoms with Crippen molar-refractivity contribution in [3.63, 3.8) is 0 Å². The SMILES string of the molecule is CC(C)(c1ccccc1)c1ccc(-c2ccc(N(c3ccc(-c4ccccc4)cc3)c3ccc4c(c3)C(C)(C)c3ccccc3-4)cc2)cc1. The summed E-state index contributed by atoms with van der Waals surface area (Å²) in [4.78, 5) is 2.39. The lowest BCUT2D eigenvalue weighted by Gasteiger charge is -2.28. The van der Waals surface area contributed by atoms with Crippen LogP contribution in [0.25, 0.3) is 33.4 Å². The van der Waals surface area contributed by atoms with Crippen LogP contribution in [0, 0.1) is 0 Å². The zero-order valence-electron chi connectivity index (χ0n) is 28.7. The molecule has 0 saturated heterocycles. The summed E-state index contributed by atoms with van der Waals surface area (Å²) >= 11 is 0. The van der Waals surface area contributed by atoms with Gasteiger partial charge in [-0.05, 0) is 92.0 Å². The summed E-state index contributed by atoms with van der Waals surface area (Å²) in [6.45, 7) is 9.29. The van der Waals surface area contributed by atoms with Crippen LogP contribution in [-0.2, 0) is 10.8 Å². The maximum Gasteiger partial charge on any atom is 0.0465 e. The summed E-state index contributed by atoms with van der Waals surface area (Å²) in [7, 11) is 0. The van der Waals surface area contributed by atoms with Crippen molar-refractivity contribution in [3.8, 4) is 33.4 Å². The third-order valence-corrected chi connectivity index (χ3v) is 10.6. The third kappa shape index (κ3) is 5.46. The highest BCUT2D eigenvalue weighted by Crippen LogP contribution is 2.50. The standard InChI is InChI=1S/C48H41N/c1-47(2,38-15-9-6-10-16-38)39-25-19-35(20-26-39)37-23-29-41(30-24-37)49(40-27-21-36(22-28-40)34-13-7-5-8-14-34)42-31-32-44-43-17-11-12-18-45(43)48(3,4)46(44)33-42/h5-33H,1-4H3. The molecule has 0 amide bonds. The maximum atomic E-state index is 2.40. The summed E-state index contributed by atoms with van der Waals surface area (Å²) in [6.07, 6.45) is 0. The first kappa shape index (κ1) is 30.7. The van der Waals surface area contributed by atoms with Gasteiger partial charge in [0.15, 0.2) is 0 Å². The van der Waals surface area contributed by atoms with Crippen molar-refractivity contribution in [1.82, 2.24) is 0 Å². The normalized spacial score (nSPS) is 13.1. The van der Waals surface area contributed by atoms with Gasteiger partial charge in [0, 0.05) is 27.9 Å². The fourth-order valence-electron chi connectivity index (χ4n) is 7.62. The minimum atomic E-state index is -0.0735. The fourth-order valence-corrected chi connectivity index (χ4v) is 7.62. The minimum absolute atomic E-state index is 0.0635. The van der Waals surface area contributed by atoms with E-state index in [-0.39, 0.29) is 10.8 Å². The first-order valence-corrected chi connectivity index (χ1v) is 17.3. The van der Waals surface area contributed by atoms with Gasteiger partial charge in [-0.3, -0.25) is 0 Å². The van der Waals surface area contributed by atoms with Crippen molar-refractivity contribution in [3.05, 3.63) is 198 Å². The molecule has 0 atom stereocenters. The Labute approximate surface area is 291 Å². The largest absolute Gasteiger partial charge is 0.310 e. The van der Waals surface area contributed by atoms with Crippen LogP contribution in [0.3, 0.4) is 0 Å². The Balaban J connectivity index is 1.16. The van der Waals surface area contributed by atoms with Crippen LogP contribution in [-0.4, -0.2) is 0 Å². The van der Waals surface area contributed by atoms with Gasteiger partial charge in [0.05, 0.1) is 0 Å². The highest BCUT2D eigenvalue weighted by atomic mass is 15.1. The van der Waals surface area contributed by atoms with Crippen molar-refractivity contribution < 1.29 is 0 Å². The number of benzene rings is 7. The monoisotopic (exact) mass is 631 g/mol. The molecule has 0 N–H and O–H groups in total. The van der Waals surface area contributed by atoms with Crippen LogP contribution in [0.15, 0.2) is 176 Å². The topological polar surface area (TPSA) is 3.24 Å². The molecule has 238 valence electrons. The Morgan fingerprint density at radius 1 is 0.388 bits per heavy atom. The van der Waals surface area contributed by atoms with E-state index in [1.165, 1.54) is 55.6 Å². The Morgan fingerprint density at radius 2 is 0.816 bits per heavy atom. The zero-order valence-corrected chi connectivity index (χ0v) is 28.7. The van der Waals surface area contributed by atoms with Crippen LogP contribution in [0.5, 0.6) is 0 Å². The molecule has 0 spiro atoms. The molecule has 0 heterocycles. The quantitative estimate of drug-likeness (QED) is 0.169. The molecule has 0 unspecified atom stereocenters. The van der Waals surface area contributed by atoms with E-state index in [4.69, 9.17) is 0 Å².